The standard InChI is InChI=1S/C17H16FN3O2/c1-10(16(19)22)21-14-8-7-12(18)9-13(14)20-15(17(21)23)11-5-3-2-4-6-11/h2-10,15,20H,1H3,(H2,19,22). The number of nitrogens with zero attached hydrogens (tertiary/aromatic N) is 1. The summed E-state index contributed by atoms with van der Waals surface area (Å²) in [5.74, 6) is -1.35. The van der Waals surface area contributed by atoms with Gasteiger partial charge in [0.05, 0.1) is 11.4 Å². The van der Waals surface area contributed by atoms with Crippen molar-refractivity contribution in [2.24, 2.45) is 5.73 Å². The average Bonchev–Trinajstić information content (AvgIpc) is 2.54. The lowest BCUT2D eigenvalue weighted by Crippen LogP contribution is -2.51. The molecule has 2 aromatic carbocycles. The second-order valence-electron chi connectivity index (χ2n) is 5.44. The number of rotatable bonds is 3. The van der Waals surface area contributed by atoms with Gasteiger partial charge in [-0.25, -0.2) is 4.39 Å². The molecule has 2 unspecified atom stereocenters. The number of anilines is 2. The van der Waals surface area contributed by atoms with E-state index in [2.05, 4.69) is 5.32 Å². The molecule has 23 heavy (non-hydrogen) atoms. The zero-order valence-electron chi connectivity index (χ0n) is 12.5. The Hall–Kier alpha value is -2.89. The van der Waals surface area contributed by atoms with Crippen LogP contribution in [-0.2, 0) is 9.59 Å². The number of hydrogen-bond acceptors (Lipinski definition) is 3. The van der Waals surface area contributed by atoms with E-state index in [-0.39, 0.29) is 5.91 Å². The molecule has 1 heterocycles. The molecule has 2 atom stereocenters. The first-order chi connectivity index (χ1) is 11.0. The highest BCUT2D eigenvalue weighted by molar-refractivity contribution is 6.09. The van der Waals surface area contributed by atoms with Crippen molar-refractivity contribution in [1.29, 1.82) is 0 Å². The van der Waals surface area contributed by atoms with Gasteiger partial charge in [-0.1, -0.05) is 30.3 Å². The van der Waals surface area contributed by atoms with E-state index in [1.807, 2.05) is 18.2 Å². The minimum absolute atomic E-state index is 0.304. The number of nitrogens with one attached hydrogen (secondary N) is 1. The van der Waals surface area contributed by atoms with Crippen molar-refractivity contribution in [2.45, 2.75) is 19.0 Å². The molecule has 2 aromatic rings. The highest BCUT2D eigenvalue weighted by atomic mass is 19.1. The van der Waals surface area contributed by atoms with Crippen LogP contribution in [0.3, 0.4) is 0 Å². The molecule has 0 saturated carbocycles. The lowest BCUT2D eigenvalue weighted by atomic mass is 10.00. The van der Waals surface area contributed by atoms with Crippen LogP contribution in [0.2, 0.25) is 0 Å². The fraction of sp³-hybridized carbons (Fsp3) is 0.176. The monoisotopic (exact) mass is 313 g/mol. The van der Waals surface area contributed by atoms with Crippen molar-refractivity contribution in [3.8, 4) is 0 Å². The zero-order chi connectivity index (χ0) is 16.6. The van der Waals surface area contributed by atoms with Gasteiger partial charge in [0.1, 0.15) is 17.9 Å². The van der Waals surface area contributed by atoms with Crippen LogP contribution in [0.25, 0.3) is 0 Å². The third-order valence-electron chi connectivity index (χ3n) is 3.93. The fourth-order valence-electron chi connectivity index (χ4n) is 2.71. The van der Waals surface area contributed by atoms with Crippen molar-refractivity contribution >= 4 is 23.2 Å². The molecule has 1 aliphatic heterocycles. The predicted octanol–water partition coefficient (Wildman–Crippen LogP) is 2.20. The molecule has 0 bridgehead atoms. The molecule has 2 amide bonds. The van der Waals surface area contributed by atoms with Gasteiger partial charge in [-0.2, -0.15) is 0 Å². The number of nitrogens with two attached hydrogens (primary N) is 1. The Labute approximate surface area is 132 Å². The van der Waals surface area contributed by atoms with Crippen LogP contribution >= 0.6 is 0 Å². The number of hydrogen-bond donors (Lipinski definition) is 2. The van der Waals surface area contributed by atoms with Gasteiger partial charge in [0.2, 0.25) is 5.91 Å². The molecule has 118 valence electrons. The van der Waals surface area contributed by atoms with Gasteiger partial charge >= 0.3 is 0 Å². The summed E-state index contributed by atoms with van der Waals surface area (Å²) in [7, 11) is 0. The number of fused-ring (bicyclic) bond motifs is 1. The molecular formula is C17H16FN3O2. The highest BCUT2D eigenvalue weighted by Crippen LogP contribution is 2.38. The van der Waals surface area contributed by atoms with E-state index in [4.69, 9.17) is 5.73 Å². The van der Waals surface area contributed by atoms with Crippen LogP contribution in [0.4, 0.5) is 15.8 Å². The molecule has 0 fully saturated rings. The van der Waals surface area contributed by atoms with Crippen molar-refractivity contribution in [3.05, 3.63) is 59.9 Å². The van der Waals surface area contributed by atoms with E-state index in [0.717, 1.165) is 5.56 Å². The fourth-order valence-corrected chi connectivity index (χ4v) is 2.71. The largest absolute Gasteiger partial charge is 0.368 e. The van der Waals surface area contributed by atoms with Gasteiger partial charge in [-0.15, -0.1) is 0 Å². The number of halogens is 1. The van der Waals surface area contributed by atoms with Crippen LogP contribution in [0.5, 0.6) is 0 Å². The molecule has 5 nitrogen and oxygen atoms in total. The first kappa shape index (κ1) is 15.0. The number of primary amides is 1. The Balaban J connectivity index is 2.11. The Morgan fingerprint density at radius 1 is 1.26 bits per heavy atom. The Bertz CT molecular complexity index is 764. The van der Waals surface area contributed by atoms with Crippen LogP contribution in [0.1, 0.15) is 18.5 Å². The summed E-state index contributed by atoms with van der Waals surface area (Å²) < 4.78 is 13.6. The van der Waals surface area contributed by atoms with Crippen molar-refractivity contribution in [1.82, 2.24) is 0 Å². The summed E-state index contributed by atoms with van der Waals surface area (Å²) in [5, 5.41) is 3.04. The Kier molecular flexibility index (Phi) is 3.73. The van der Waals surface area contributed by atoms with E-state index < -0.39 is 23.8 Å². The Morgan fingerprint density at radius 2 is 1.96 bits per heavy atom. The lowest BCUT2D eigenvalue weighted by molar-refractivity contribution is -0.124. The molecular weight excluding hydrogens is 297 g/mol. The Morgan fingerprint density at radius 3 is 2.61 bits per heavy atom. The molecule has 0 aliphatic carbocycles. The van der Waals surface area contributed by atoms with Gasteiger partial charge in [0, 0.05) is 0 Å². The molecule has 0 aromatic heterocycles. The minimum atomic E-state index is -0.833. The van der Waals surface area contributed by atoms with Gasteiger partial charge < -0.3 is 11.1 Å². The summed E-state index contributed by atoms with van der Waals surface area (Å²) in [5.41, 5.74) is 6.99. The molecule has 3 rings (SSSR count). The topological polar surface area (TPSA) is 75.4 Å². The van der Waals surface area contributed by atoms with Gasteiger partial charge in [-0.05, 0) is 30.7 Å². The number of amides is 2. The van der Waals surface area contributed by atoms with Gasteiger partial charge in [0.15, 0.2) is 0 Å². The van der Waals surface area contributed by atoms with Crippen LogP contribution in [0, 0.1) is 5.82 Å². The summed E-state index contributed by atoms with van der Waals surface area (Å²) >= 11 is 0. The SMILES string of the molecule is CC(C(N)=O)N1C(=O)C(c2ccccc2)Nc2cc(F)ccc21. The van der Waals surface area contributed by atoms with E-state index in [9.17, 15) is 14.0 Å². The van der Waals surface area contributed by atoms with Crippen molar-refractivity contribution in [3.63, 3.8) is 0 Å². The normalized spacial score (nSPS) is 18.1. The van der Waals surface area contributed by atoms with Crippen LogP contribution < -0.4 is 16.0 Å². The summed E-state index contributed by atoms with van der Waals surface area (Å²) in [6, 6.07) is 11.5. The summed E-state index contributed by atoms with van der Waals surface area (Å²) in [6.07, 6.45) is 0. The van der Waals surface area contributed by atoms with E-state index >= 15 is 0 Å². The smallest absolute Gasteiger partial charge is 0.254 e. The molecule has 1 aliphatic rings. The van der Waals surface area contributed by atoms with Gasteiger partial charge in [0.25, 0.3) is 5.91 Å². The molecule has 3 N–H and O–H groups in total. The molecule has 0 spiro atoms. The minimum Gasteiger partial charge on any atom is -0.368 e. The maximum absolute atomic E-state index is 13.6. The first-order valence-corrected chi connectivity index (χ1v) is 7.22. The molecule has 6 heteroatoms. The maximum atomic E-state index is 13.6. The summed E-state index contributed by atoms with van der Waals surface area (Å²) in [6.45, 7) is 1.56. The third-order valence-corrected chi connectivity index (χ3v) is 3.93. The third kappa shape index (κ3) is 2.63. The second-order valence-corrected chi connectivity index (χ2v) is 5.44. The zero-order valence-corrected chi connectivity index (χ0v) is 12.5. The van der Waals surface area contributed by atoms with Crippen molar-refractivity contribution < 1.29 is 14.0 Å². The average molecular weight is 313 g/mol. The maximum Gasteiger partial charge on any atom is 0.254 e. The second kappa shape index (κ2) is 5.72. The molecule has 0 saturated heterocycles. The van der Waals surface area contributed by atoms with Gasteiger partial charge in [-0.3, -0.25) is 14.5 Å². The predicted molar refractivity (Wildman–Crippen MR) is 85.3 cm³/mol. The number of benzene rings is 2. The first-order valence-electron chi connectivity index (χ1n) is 7.22. The van der Waals surface area contributed by atoms with Crippen LogP contribution in [0.15, 0.2) is 48.5 Å². The lowest BCUT2D eigenvalue weighted by Gasteiger charge is -2.37. The van der Waals surface area contributed by atoms with E-state index in [0.29, 0.717) is 11.4 Å². The number of carbonyl (C=O) groups excluding carboxylic acids is 2. The van der Waals surface area contributed by atoms with E-state index in [1.165, 1.54) is 23.1 Å². The van der Waals surface area contributed by atoms with Crippen LogP contribution in [-0.4, -0.2) is 17.9 Å². The number of carbonyl (C=O) groups is 2. The highest BCUT2D eigenvalue weighted by Gasteiger charge is 2.37. The molecule has 0 radical (unpaired) electrons. The quantitative estimate of drug-likeness (QED) is 0.912. The van der Waals surface area contributed by atoms with E-state index in [1.54, 1.807) is 19.1 Å². The summed E-state index contributed by atoms with van der Waals surface area (Å²) in [4.78, 5) is 25.8. The van der Waals surface area contributed by atoms with Crippen molar-refractivity contribution in [2.75, 3.05) is 10.2 Å².